The molecule has 12 heteroatoms. The van der Waals surface area contributed by atoms with E-state index in [2.05, 4.69) is 46.3 Å². The van der Waals surface area contributed by atoms with Crippen molar-refractivity contribution >= 4 is 23.0 Å². The van der Waals surface area contributed by atoms with Gasteiger partial charge >= 0.3 is 6.18 Å². The smallest absolute Gasteiger partial charge is 0.423 e. The number of para-hydroxylation sites is 1. The van der Waals surface area contributed by atoms with Gasteiger partial charge in [-0.1, -0.05) is 19.4 Å². The van der Waals surface area contributed by atoms with Gasteiger partial charge in [-0.3, -0.25) is 4.79 Å². The van der Waals surface area contributed by atoms with E-state index in [1.165, 1.54) is 0 Å². The molecule has 0 aliphatic carbocycles. The van der Waals surface area contributed by atoms with Crippen LogP contribution in [0.5, 0.6) is 0 Å². The van der Waals surface area contributed by atoms with Crippen LogP contribution in [0.15, 0.2) is 22.6 Å². The Balaban J connectivity index is 1.34. The third kappa shape index (κ3) is 4.54. The molecule has 36 heavy (non-hydrogen) atoms. The Morgan fingerprint density at radius 2 is 2.03 bits per heavy atom. The molecule has 0 spiro atoms. The summed E-state index contributed by atoms with van der Waals surface area (Å²) in [5.74, 6) is -1.02. The molecule has 2 aliphatic rings. The Hall–Kier alpha value is -3.15. The van der Waals surface area contributed by atoms with Crippen molar-refractivity contribution in [3.8, 4) is 0 Å². The molecule has 0 radical (unpaired) electrons. The van der Waals surface area contributed by atoms with E-state index in [0.717, 1.165) is 30.3 Å². The summed E-state index contributed by atoms with van der Waals surface area (Å²) in [7, 11) is 2.15. The fourth-order valence-electron chi connectivity index (χ4n) is 5.35. The van der Waals surface area contributed by atoms with Crippen LogP contribution in [0.2, 0.25) is 0 Å². The van der Waals surface area contributed by atoms with Gasteiger partial charge in [-0.05, 0) is 45.4 Å². The Labute approximate surface area is 206 Å². The van der Waals surface area contributed by atoms with E-state index in [-0.39, 0.29) is 43.4 Å². The minimum absolute atomic E-state index is 0.0521. The summed E-state index contributed by atoms with van der Waals surface area (Å²) < 4.78 is 46.4. The average molecular weight is 506 g/mol. The number of anilines is 1. The number of nitrogens with zero attached hydrogens (tertiary/aromatic N) is 6. The molecule has 9 nitrogen and oxygen atoms in total. The van der Waals surface area contributed by atoms with Crippen molar-refractivity contribution in [1.82, 2.24) is 30.0 Å². The van der Waals surface area contributed by atoms with E-state index in [4.69, 9.17) is 4.42 Å². The highest BCUT2D eigenvalue weighted by atomic mass is 19.4. The van der Waals surface area contributed by atoms with Gasteiger partial charge < -0.3 is 24.1 Å². The van der Waals surface area contributed by atoms with Crippen molar-refractivity contribution in [1.29, 1.82) is 0 Å². The minimum Gasteiger partial charge on any atom is -0.423 e. The molecule has 3 unspecified atom stereocenters. The number of halogens is 3. The van der Waals surface area contributed by atoms with Gasteiger partial charge in [-0.2, -0.15) is 18.2 Å². The van der Waals surface area contributed by atoms with E-state index in [9.17, 15) is 18.0 Å². The topological polar surface area (TPSA) is 92.3 Å². The minimum atomic E-state index is -4.56. The highest BCUT2D eigenvalue weighted by Gasteiger charge is 2.40. The normalized spacial score (nSPS) is 23.2. The molecule has 5 rings (SSSR count). The van der Waals surface area contributed by atoms with Crippen molar-refractivity contribution in [2.45, 2.75) is 76.9 Å². The van der Waals surface area contributed by atoms with Crippen LogP contribution in [-0.2, 0) is 19.3 Å². The molecule has 2 aliphatic heterocycles. The number of rotatable bonds is 5. The highest BCUT2D eigenvalue weighted by Crippen LogP contribution is 2.32. The maximum Gasteiger partial charge on any atom is 0.451 e. The number of likely N-dealkylation sites (tertiary alicyclic amines) is 1. The molecule has 1 amide bonds. The second-order valence-electron chi connectivity index (χ2n) is 9.76. The Bertz CT molecular complexity index is 1250. The molecule has 1 N–H and O–H groups in total. The summed E-state index contributed by atoms with van der Waals surface area (Å²) in [6.45, 7) is 4.72. The van der Waals surface area contributed by atoms with Gasteiger partial charge in [0, 0.05) is 31.2 Å². The number of piperidine rings is 1. The molecule has 4 heterocycles. The van der Waals surface area contributed by atoms with Crippen LogP contribution in [-0.4, -0.2) is 62.3 Å². The summed E-state index contributed by atoms with van der Waals surface area (Å²) >= 11 is 0. The molecule has 1 saturated heterocycles. The van der Waals surface area contributed by atoms with Crippen molar-refractivity contribution in [3.63, 3.8) is 0 Å². The number of amides is 1. The first-order valence-electron chi connectivity index (χ1n) is 12.3. The number of hydrogen-bond acceptors (Lipinski definition) is 7. The predicted molar refractivity (Wildman–Crippen MR) is 126 cm³/mol. The Morgan fingerprint density at radius 1 is 1.22 bits per heavy atom. The van der Waals surface area contributed by atoms with E-state index in [1.807, 2.05) is 0 Å². The number of fused-ring (bicyclic) bond motifs is 2. The molecule has 1 fully saturated rings. The summed E-state index contributed by atoms with van der Waals surface area (Å²) in [4.78, 5) is 21.9. The first-order valence-corrected chi connectivity index (χ1v) is 12.3. The number of carbonyl (C=O) groups excluding carboxylic acids is 1. The van der Waals surface area contributed by atoms with Crippen molar-refractivity contribution in [2.75, 3.05) is 18.5 Å². The van der Waals surface area contributed by atoms with Crippen molar-refractivity contribution in [2.24, 2.45) is 0 Å². The van der Waals surface area contributed by atoms with Crippen LogP contribution in [0.1, 0.15) is 61.5 Å². The first kappa shape index (κ1) is 24.5. The van der Waals surface area contributed by atoms with E-state index in [1.54, 1.807) is 23.1 Å². The van der Waals surface area contributed by atoms with Gasteiger partial charge in [0.05, 0.1) is 12.1 Å². The lowest BCUT2D eigenvalue weighted by atomic mass is 9.90. The lowest BCUT2D eigenvalue weighted by Crippen LogP contribution is -2.52. The number of hydrogen-bond donors (Lipinski definition) is 1. The van der Waals surface area contributed by atoms with Crippen LogP contribution in [0.4, 0.5) is 19.2 Å². The maximum atomic E-state index is 13.3. The van der Waals surface area contributed by atoms with E-state index >= 15 is 0 Å². The molecule has 2 aromatic heterocycles. The van der Waals surface area contributed by atoms with Crippen LogP contribution in [0.25, 0.3) is 11.1 Å². The van der Waals surface area contributed by atoms with Crippen LogP contribution in [0.3, 0.4) is 0 Å². The third-order valence-electron chi connectivity index (χ3n) is 7.34. The summed E-state index contributed by atoms with van der Waals surface area (Å²) in [5.41, 5.74) is 1.29. The van der Waals surface area contributed by atoms with Gasteiger partial charge in [-0.15, -0.1) is 10.2 Å². The van der Waals surface area contributed by atoms with Gasteiger partial charge in [0.1, 0.15) is 5.52 Å². The van der Waals surface area contributed by atoms with Crippen LogP contribution in [0, 0.1) is 0 Å². The second kappa shape index (κ2) is 9.38. The fraction of sp³-hybridized carbons (Fsp3) is 0.583. The van der Waals surface area contributed by atoms with Gasteiger partial charge in [0.25, 0.3) is 11.9 Å². The summed E-state index contributed by atoms with van der Waals surface area (Å²) in [5, 5.41) is 10.2. The number of oxazole rings is 1. The fourth-order valence-corrected chi connectivity index (χ4v) is 5.35. The second-order valence-corrected chi connectivity index (χ2v) is 9.76. The molecule has 0 bridgehead atoms. The van der Waals surface area contributed by atoms with Crippen LogP contribution >= 0.6 is 0 Å². The molecule has 3 atom stereocenters. The lowest BCUT2D eigenvalue weighted by molar-refractivity contribution is -0.147. The number of nitrogens with one attached hydrogen (secondary N) is 1. The Morgan fingerprint density at radius 3 is 2.78 bits per heavy atom. The largest absolute Gasteiger partial charge is 0.451 e. The Kier molecular flexibility index (Phi) is 6.39. The highest BCUT2D eigenvalue weighted by molar-refractivity contribution is 6.04. The molecule has 194 valence electrons. The zero-order valence-electron chi connectivity index (χ0n) is 20.5. The van der Waals surface area contributed by atoms with Gasteiger partial charge in [0.15, 0.2) is 11.4 Å². The zero-order chi connectivity index (χ0) is 25.6. The van der Waals surface area contributed by atoms with Gasteiger partial charge in [0.2, 0.25) is 5.82 Å². The summed E-state index contributed by atoms with van der Waals surface area (Å²) in [6, 6.07) is 6.29. The predicted octanol–water partition coefficient (Wildman–Crippen LogP) is 3.84. The number of benzene rings is 1. The number of aromatic nitrogens is 4. The zero-order valence-corrected chi connectivity index (χ0v) is 20.5. The lowest BCUT2D eigenvalue weighted by Gasteiger charge is -2.42. The molecule has 0 saturated carbocycles. The monoisotopic (exact) mass is 505 g/mol. The molecule has 1 aromatic carbocycles. The first-order chi connectivity index (χ1) is 17.2. The van der Waals surface area contributed by atoms with Crippen molar-refractivity contribution in [3.05, 3.63) is 35.4 Å². The quantitative estimate of drug-likeness (QED) is 0.563. The molecule has 3 aromatic rings. The summed E-state index contributed by atoms with van der Waals surface area (Å²) in [6.07, 6.45) is -0.613. The van der Waals surface area contributed by atoms with E-state index in [0.29, 0.717) is 28.7 Å². The van der Waals surface area contributed by atoms with Crippen molar-refractivity contribution < 1.29 is 22.4 Å². The van der Waals surface area contributed by atoms with E-state index < -0.39 is 12.0 Å². The van der Waals surface area contributed by atoms with Gasteiger partial charge in [-0.25, -0.2) is 0 Å². The maximum absolute atomic E-state index is 13.3. The van der Waals surface area contributed by atoms with Crippen LogP contribution < -0.4 is 10.2 Å². The third-order valence-corrected chi connectivity index (χ3v) is 7.34. The standard InChI is InChI=1S/C24H30F3N7O2/c1-4-6-16-12-15(11-14(2)32(16)3)28-21(35)17-7-5-8-18-20(17)29-23(36-18)33-9-10-34-19(13-33)30-31-22(34)24(25,26)27/h5,7-8,14-16H,4,6,9-13H2,1-3H3,(H,28,35). The number of carbonyl (C=O) groups is 1. The molecular weight excluding hydrogens is 475 g/mol. The average Bonchev–Trinajstić information content (AvgIpc) is 3.46. The number of alkyl halides is 3. The SMILES string of the molecule is CCCC1CC(NC(=O)c2cccc3oc(N4CCn5c(nnc5C(F)(F)F)C4)nc23)CC(C)N1C. The molecular formula is C24H30F3N7O2.